The second kappa shape index (κ2) is 8.27. The maximum Gasteiger partial charge on any atom is 0.257 e. The van der Waals surface area contributed by atoms with Crippen LogP contribution in [0.25, 0.3) is 0 Å². The van der Waals surface area contributed by atoms with Crippen molar-refractivity contribution in [1.29, 1.82) is 0 Å². The first kappa shape index (κ1) is 18.3. The SMILES string of the molecule is COc1ccccc1CNc1ccc(C(=O)Nc2c(F)cccc2F)cn1. The smallest absolute Gasteiger partial charge is 0.257 e. The maximum absolute atomic E-state index is 13.6. The van der Waals surface area contributed by atoms with Gasteiger partial charge in [0.1, 0.15) is 28.9 Å². The van der Waals surface area contributed by atoms with Crippen LogP contribution in [0.2, 0.25) is 0 Å². The number of aromatic nitrogens is 1. The van der Waals surface area contributed by atoms with Crippen molar-refractivity contribution in [2.75, 3.05) is 17.7 Å². The summed E-state index contributed by atoms with van der Waals surface area (Å²) in [6.07, 6.45) is 1.33. The van der Waals surface area contributed by atoms with E-state index in [0.29, 0.717) is 12.4 Å². The number of para-hydroxylation sites is 2. The first-order chi connectivity index (χ1) is 13.1. The maximum atomic E-state index is 13.6. The molecule has 0 fully saturated rings. The summed E-state index contributed by atoms with van der Waals surface area (Å²) in [5.74, 6) is -1.02. The second-order valence-corrected chi connectivity index (χ2v) is 5.65. The highest BCUT2D eigenvalue weighted by atomic mass is 19.1. The van der Waals surface area contributed by atoms with E-state index in [2.05, 4.69) is 15.6 Å². The van der Waals surface area contributed by atoms with E-state index in [1.165, 1.54) is 18.3 Å². The van der Waals surface area contributed by atoms with Crippen molar-refractivity contribution < 1.29 is 18.3 Å². The Kier molecular flexibility index (Phi) is 5.61. The van der Waals surface area contributed by atoms with Gasteiger partial charge in [-0.1, -0.05) is 24.3 Å². The number of carbonyl (C=O) groups is 1. The van der Waals surface area contributed by atoms with Crippen LogP contribution in [0.15, 0.2) is 60.8 Å². The van der Waals surface area contributed by atoms with Crippen molar-refractivity contribution in [3.05, 3.63) is 83.6 Å². The molecular formula is C20H17F2N3O2. The molecule has 138 valence electrons. The minimum atomic E-state index is -0.841. The molecule has 2 aromatic carbocycles. The molecule has 2 N–H and O–H groups in total. The zero-order valence-electron chi connectivity index (χ0n) is 14.5. The van der Waals surface area contributed by atoms with Gasteiger partial charge in [-0.05, 0) is 30.3 Å². The second-order valence-electron chi connectivity index (χ2n) is 5.65. The molecule has 5 nitrogen and oxygen atoms in total. The predicted molar refractivity (Wildman–Crippen MR) is 98.9 cm³/mol. The Balaban J connectivity index is 1.65. The lowest BCUT2D eigenvalue weighted by atomic mass is 10.2. The average Bonchev–Trinajstić information content (AvgIpc) is 2.69. The Labute approximate surface area is 155 Å². The fourth-order valence-corrected chi connectivity index (χ4v) is 2.47. The molecule has 0 aliphatic heterocycles. The van der Waals surface area contributed by atoms with Gasteiger partial charge in [-0.2, -0.15) is 0 Å². The van der Waals surface area contributed by atoms with Gasteiger partial charge in [0.05, 0.1) is 12.7 Å². The molecular weight excluding hydrogens is 352 g/mol. The third-order valence-electron chi connectivity index (χ3n) is 3.88. The summed E-state index contributed by atoms with van der Waals surface area (Å²) >= 11 is 0. The van der Waals surface area contributed by atoms with Crippen LogP contribution >= 0.6 is 0 Å². The monoisotopic (exact) mass is 369 g/mol. The summed E-state index contributed by atoms with van der Waals surface area (Å²) in [5.41, 5.74) is 0.653. The summed E-state index contributed by atoms with van der Waals surface area (Å²) in [7, 11) is 1.60. The Bertz CT molecular complexity index is 926. The number of ether oxygens (including phenoxy) is 1. The van der Waals surface area contributed by atoms with Gasteiger partial charge in [-0.15, -0.1) is 0 Å². The van der Waals surface area contributed by atoms with Crippen LogP contribution in [0.5, 0.6) is 5.75 Å². The number of benzene rings is 2. The summed E-state index contributed by atoms with van der Waals surface area (Å²) in [5, 5.41) is 5.35. The zero-order valence-corrected chi connectivity index (χ0v) is 14.5. The Hall–Kier alpha value is -3.48. The number of halogens is 2. The molecule has 1 heterocycles. The first-order valence-electron chi connectivity index (χ1n) is 8.15. The molecule has 0 spiro atoms. The predicted octanol–water partition coefficient (Wildman–Crippen LogP) is 4.23. The van der Waals surface area contributed by atoms with E-state index in [0.717, 1.165) is 23.4 Å². The minimum absolute atomic E-state index is 0.181. The molecule has 7 heteroatoms. The number of nitrogens with zero attached hydrogens (tertiary/aromatic N) is 1. The Morgan fingerprint density at radius 3 is 2.44 bits per heavy atom. The van der Waals surface area contributed by atoms with Gasteiger partial charge in [-0.25, -0.2) is 13.8 Å². The van der Waals surface area contributed by atoms with Crippen LogP contribution in [-0.4, -0.2) is 18.0 Å². The van der Waals surface area contributed by atoms with Gasteiger partial charge in [0, 0.05) is 18.3 Å². The normalized spacial score (nSPS) is 10.3. The molecule has 0 saturated carbocycles. The third-order valence-corrected chi connectivity index (χ3v) is 3.88. The molecule has 1 aromatic heterocycles. The number of nitrogens with one attached hydrogen (secondary N) is 2. The fraction of sp³-hybridized carbons (Fsp3) is 0.100. The van der Waals surface area contributed by atoms with Gasteiger partial charge in [0.15, 0.2) is 0 Å². The van der Waals surface area contributed by atoms with E-state index in [9.17, 15) is 13.6 Å². The van der Waals surface area contributed by atoms with Crippen LogP contribution in [0.4, 0.5) is 20.3 Å². The molecule has 27 heavy (non-hydrogen) atoms. The third kappa shape index (κ3) is 4.38. The molecule has 0 saturated heterocycles. The van der Waals surface area contributed by atoms with E-state index in [-0.39, 0.29) is 5.56 Å². The van der Waals surface area contributed by atoms with E-state index >= 15 is 0 Å². The van der Waals surface area contributed by atoms with Crippen molar-refractivity contribution in [2.45, 2.75) is 6.54 Å². The van der Waals surface area contributed by atoms with Crippen LogP contribution in [0.1, 0.15) is 15.9 Å². The molecule has 0 unspecified atom stereocenters. The van der Waals surface area contributed by atoms with E-state index < -0.39 is 23.2 Å². The summed E-state index contributed by atoms with van der Waals surface area (Å²) in [6.45, 7) is 0.489. The molecule has 3 aromatic rings. The summed E-state index contributed by atoms with van der Waals surface area (Å²) in [6, 6.07) is 14.1. The molecule has 0 aliphatic carbocycles. The van der Waals surface area contributed by atoms with Crippen molar-refractivity contribution in [3.8, 4) is 5.75 Å². The summed E-state index contributed by atoms with van der Waals surface area (Å²) < 4.78 is 32.5. The van der Waals surface area contributed by atoms with Crippen LogP contribution in [-0.2, 0) is 6.54 Å². The number of hydrogen-bond donors (Lipinski definition) is 2. The minimum Gasteiger partial charge on any atom is -0.496 e. The molecule has 0 bridgehead atoms. The van der Waals surface area contributed by atoms with Gasteiger partial charge >= 0.3 is 0 Å². The van der Waals surface area contributed by atoms with E-state index in [1.54, 1.807) is 13.2 Å². The highest BCUT2D eigenvalue weighted by Gasteiger charge is 2.13. The standard InChI is InChI=1S/C20H17F2N3O2/c1-27-17-8-3-2-5-13(17)11-23-18-10-9-14(12-24-18)20(26)25-19-15(21)6-4-7-16(19)22/h2-10,12H,11H2,1H3,(H,23,24)(H,25,26). The Morgan fingerprint density at radius 2 is 1.78 bits per heavy atom. The number of anilines is 2. The van der Waals surface area contributed by atoms with Gasteiger partial charge in [0.25, 0.3) is 5.91 Å². The van der Waals surface area contributed by atoms with Crippen molar-refractivity contribution in [1.82, 2.24) is 4.98 Å². The molecule has 0 radical (unpaired) electrons. The van der Waals surface area contributed by atoms with E-state index in [1.807, 2.05) is 24.3 Å². The lowest BCUT2D eigenvalue weighted by molar-refractivity contribution is 0.102. The molecule has 3 rings (SSSR count). The number of hydrogen-bond acceptors (Lipinski definition) is 4. The van der Waals surface area contributed by atoms with E-state index in [4.69, 9.17) is 4.74 Å². The number of methoxy groups -OCH3 is 1. The Morgan fingerprint density at radius 1 is 1.04 bits per heavy atom. The van der Waals surface area contributed by atoms with Gasteiger partial charge < -0.3 is 15.4 Å². The highest BCUT2D eigenvalue weighted by Crippen LogP contribution is 2.20. The largest absolute Gasteiger partial charge is 0.496 e. The van der Waals surface area contributed by atoms with Crippen molar-refractivity contribution >= 4 is 17.4 Å². The number of pyridine rings is 1. The van der Waals surface area contributed by atoms with Crippen LogP contribution in [0.3, 0.4) is 0 Å². The van der Waals surface area contributed by atoms with Crippen molar-refractivity contribution in [2.24, 2.45) is 0 Å². The molecule has 0 aliphatic rings. The first-order valence-corrected chi connectivity index (χ1v) is 8.15. The van der Waals surface area contributed by atoms with Crippen LogP contribution < -0.4 is 15.4 Å². The summed E-state index contributed by atoms with van der Waals surface area (Å²) in [4.78, 5) is 16.3. The number of rotatable bonds is 6. The lowest BCUT2D eigenvalue weighted by Gasteiger charge is -2.10. The quantitative estimate of drug-likeness (QED) is 0.682. The highest BCUT2D eigenvalue weighted by molar-refractivity contribution is 6.04. The van der Waals surface area contributed by atoms with Gasteiger partial charge in [-0.3, -0.25) is 4.79 Å². The van der Waals surface area contributed by atoms with Crippen LogP contribution in [0, 0.1) is 11.6 Å². The lowest BCUT2D eigenvalue weighted by Crippen LogP contribution is -2.14. The topological polar surface area (TPSA) is 63.2 Å². The number of carbonyl (C=O) groups excluding carboxylic acids is 1. The fourth-order valence-electron chi connectivity index (χ4n) is 2.47. The van der Waals surface area contributed by atoms with Crippen molar-refractivity contribution in [3.63, 3.8) is 0 Å². The molecule has 1 amide bonds. The van der Waals surface area contributed by atoms with Gasteiger partial charge in [0.2, 0.25) is 0 Å². The average molecular weight is 369 g/mol. The number of amides is 1. The zero-order chi connectivity index (χ0) is 19.2. The molecule has 0 atom stereocenters.